The van der Waals surface area contributed by atoms with E-state index in [2.05, 4.69) is 5.32 Å². The van der Waals surface area contributed by atoms with E-state index in [1.807, 2.05) is 0 Å². The molecular formula is C22H20FN3O4S. The van der Waals surface area contributed by atoms with E-state index in [1.165, 1.54) is 6.07 Å². The van der Waals surface area contributed by atoms with E-state index in [1.54, 1.807) is 49.4 Å². The van der Waals surface area contributed by atoms with Gasteiger partial charge in [-0.25, -0.2) is 12.8 Å². The number of amides is 2. The molecule has 9 heteroatoms. The Bertz CT molecular complexity index is 1210. The maximum Gasteiger partial charge on any atom is 0.264 e. The molecule has 0 aliphatic rings. The van der Waals surface area contributed by atoms with Gasteiger partial charge in [-0.3, -0.25) is 13.9 Å². The molecule has 0 aromatic heterocycles. The minimum absolute atomic E-state index is 0.155. The van der Waals surface area contributed by atoms with Crippen LogP contribution in [-0.2, 0) is 14.8 Å². The number of sulfonamides is 1. The van der Waals surface area contributed by atoms with E-state index < -0.39 is 34.2 Å². The number of para-hydroxylation sites is 1. The normalized spacial score (nSPS) is 11.0. The average molecular weight is 441 g/mol. The van der Waals surface area contributed by atoms with Crippen LogP contribution < -0.4 is 15.4 Å². The van der Waals surface area contributed by atoms with E-state index in [-0.39, 0.29) is 16.1 Å². The lowest BCUT2D eigenvalue weighted by molar-refractivity contribution is -0.114. The summed E-state index contributed by atoms with van der Waals surface area (Å²) in [6.07, 6.45) is 0. The smallest absolute Gasteiger partial charge is 0.264 e. The molecule has 0 aliphatic carbocycles. The van der Waals surface area contributed by atoms with Gasteiger partial charge in [-0.1, -0.05) is 24.3 Å². The largest absolute Gasteiger partial charge is 0.366 e. The number of hydrogen-bond acceptors (Lipinski definition) is 4. The highest BCUT2D eigenvalue weighted by atomic mass is 32.2. The monoisotopic (exact) mass is 441 g/mol. The van der Waals surface area contributed by atoms with Crippen LogP contribution in [0.2, 0.25) is 0 Å². The van der Waals surface area contributed by atoms with Crippen molar-refractivity contribution in [2.45, 2.75) is 11.8 Å². The van der Waals surface area contributed by atoms with Crippen LogP contribution in [0.25, 0.3) is 0 Å². The van der Waals surface area contributed by atoms with Crippen molar-refractivity contribution in [1.29, 1.82) is 0 Å². The van der Waals surface area contributed by atoms with Gasteiger partial charge in [0, 0.05) is 11.3 Å². The second-order valence-electron chi connectivity index (χ2n) is 6.69. The summed E-state index contributed by atoms with van der Waals surface area (Å²) in [6, 6.07) is 17.1. The van der Waals surface area contributed by atoms with Gasteiger partial charge in [-0.15, -0.1) is 0 Å². The lowest BCUT2D eigenvalue weighted by atomic mass is 10.1. The van der Waals surface area contributed by atoms with E-state index in [0.29, 0.717) is 11.3 Å². The molecule has 0 bridgehead atoms. The molecule has 31 heavy (non-hydrogen) atoms. The molecule has 3 N–H and O–H groups in total. The molecule has 0 spiro atoms. The Morgan fingerprint density at radius 2 is 1.61 bits per heavy atom. The highest BCUT2D eigenvalue weighted by Gasteiger charge is 2.27. The van der Waals surface area contributed by atoms with Gasteiger partial charge in [0.2, 0.25) is 11.8 Å². The number of rotatable bonds is 7. The number of hydrogen-bond donors (Lipinski definition) is 2. The fourth-order valence-corrected chi connectivity index (χ4v) is 4.42. The summed E-state index contributed by atoms with van der Waals surface area (Å²) in [7, 11) is -4.16. The van der Waals surface area contributed by atoms with Crippen molar-refractivity contribution in [2.75, 3.05) is 16.2 Å². The number of carbonyl (C=O) groups is 2. The van der Waals surface area contributed by atoms with Crippen LogP contribution in [0.4, 0.5) is 15.8 Å². The first-order valence-corrected chi connectivity index (χ1v) is 10.7. The molecule has 0 unspecified atom stereocenters. The van der Waals surface area contributed by atoms with E-state index in [0.717, 1.165) is 28.6 Å². The Morgan fingerprint density at radius 3 is 2.23 bits per heavy atom. The highest BCUT2D eigenvalue weighted by molar-refractivity contribution is 7.92. The zero-order chi connectivity index (χ0) is 22.6. The number of nitrogens with two attached hydrogens (primary N) is 1. The number of anilines is 2. The molecule has 0 fully saturated rings. The molecule has 3 aromatic carbocycles. The maximum absolute atomic E-state index is 13.3. The summed E-state index contributed by atoms with van der Waals surface area (Å²) < 4.78 is 40.6. The molecule has 7 nitrogen and oxygen atoms in total. The summed E-state index contributed by atoms with van der Waals surface area (Å²) in [4.78, 5) is 24.1. The van der Waals surface area contributed by atoms with E-state index in [9.17, 15) is 22.4 Å². The van der Waals surface area contributed by atoms with Crippen molar-refractivity contribution >= 4 is 33.2 Å². The summed E-state index contributed by atoms with van der Waals surface area (Å²) in [5.74, 6) is -1.84. The third-order valence-corrected chi connectivity index (χ3v) is 6.39. The number of carbonyl (C=O) groups excluding carboxylic acids is 2. The van der Waals surface area contributed by atoms with Crippen LogP contribution in [0.15, 0.2) is 77.7 Å². The molecule has 0 saturated carbocycles. The van der Waals surface area contributed by atoms with E-state index in [4.69, 9.17) is 5.73 Å². The van der Waals surface area contributed by atoms with Gasteiger partial charge in [-0.2, -0.15) is 0 Å². The van der Waals surface area contributed by atoms with Crippen LogP contribution in [0.1, 0.15) is 15.9 Å². The molecule has 0 heterocycles. The Kier molecular flexibility index (Phi) is 6.36. The summed E-state index contributed by atoms with van der Waals surface area (Å²) in [5, 5.41) is 2.63. The van der Waals surface area contributed by atoms with Crippen LogP contribution in [0.5, 0.6) is 0 Å². The summed E-state index contributed by atoms with van der Waals surface area (Å²) in [6.45, 7) is 1.09. The number of primary amides is 1. The molecular weight excluding hydrogens is 421 g/mol. The van der Waals surface area contributed by atoms with Crippen LogP contribution in [-0.4, -0.2) is 26.8 Å². The molecule has 0 radical (unpaired) electrons. The second-order valence-corrected chi connectivity index (χ2v) is 8.55. The zero-order valence-electron chi connectivity index (χ0n) is 16.6. The number of benzene rings is 3. The van der Waals surface area contributed by atoms with Crippen LogP contribution in [0, 0.1) is 12.7 Å². The van der Waals surface area contributed by atoms with E-state index >= 15 is 0 Å². The average Bonchev–Trinajstić information content (AvgIpc) is 2.74. The fraction of sp³-hybridized carbons (Fsp3) is 0.0909. The standard InChI is InChI=1S/C22H20FN3O4S/c1-15-19(22(24)28)8-5-9-20(15)25-21(27)14-26(17-6-3-2-4-7-17)31(29,30)18-12-10-16(23)11-13-18/h2-13H,14H2,1H3,(H2,24,28)(H,25,27). The number of nitrogens with zero attached hydrogens (tertiary/aromatic N) is 1. The number of halogens is 1. The Morgan fingerprint density at radius 1 is 0.968 bits per heavy atom. The Balaban J connectivity index is 1.93. The summed E-state index contributed by atoms with van der Waals surface area (Å²) in [5.41, 5.74) is 6.66. The first kappa shape index (κ1) is 22.0. The van der Waals surface area contributed by atoms with Gasteiger partial charge in [0.1, 0.15) is 12.4 Å². The van der Waals surface area contributed by atoms with Crippen molar-refractivity contribution in [3.8, 4) is 0 Å². The topological polar surface area (TPSA) is 110 Å². The third-order valence-electron chi connectivity index (χ3n) is 4.61. The number of nitrogens with one attached hydrogen (secondary N) is 1. The first-order chi connectivity index (χ1) is 14.7. The molecule has 3 aromatic rings. The van der Waals surface area contributed by atoms with Crippen molar-refractivity contribution in [3.05, 3.63) is 89.7 Å². The van der Waals surface area contributed by atoms with Crippen molar-refractivity contribution in [3.63, 3.8) is 0 Å². The van der Waals surface area contributed by atoms with Gasteiger partial charge in [0.05, 0.1) is 10.6 Å². The lowest BCUT2D eigenvalue weighted by Crippen LogP contribution is -2.38. The predicted octanol–water partition coefficient (Wildman–Crippen LogP) is 3.07. The maximum atomic E-state index is 13.3. The van der Waals surface area contributed by atoms with Gasteiger partial charge in [-0.05, 0) is 61.0 Å². The quantitative estimate of drug-likeness (QED) is 0.587. The molecule has 160 valence electrons. The third kappa shape index (κ3) is 4.89. The minimum Gasteiger partial charge on any atom is -0.366 e. The minimum atomic E-state index is -4.16. The van der Waals surface area contributed by atoms with Crippen molar-refractivity contribution in [2.24, 2.45) is 5.73 Å². The van der Waals surface area contributed by atoms with Crippen molar-refractivity contribution in [1.82, 2.24) is 0 Å². The zero-order valence-corrected chi connectivity index (χ0v) is 17.4. The summed E-state index contributed by atoms with van der Waals surface area (Å²) >= 11 is 0. The highest BCUT2D eigenvalue weighted by Crippen LogP contribution is 2.24. The molecule has 0 aliphatic heterocycles. The van der Waals surface area contributed by atoms with Gasteiger partial charge >= 0.3 is 0 Å². The molecule has 2 amide bonds. The van der Waals surface area contributed by atoms with Crippen LogP contribution in [0.3, 0.4) is 0 Å². The predicted molar refractivity (Wildman–Crippen MR) is 116 cm³/mol. The molecule has 0 atom stereocenters. The first-order valence-electron chi connectivity index (χ1n) is 9.23. The lowest BCUT2D eigenvalue weighted by Gasteiger charge is -2.24. The fourth-order valence-electron chi connectivity index (χ4n) is 3.00. The molecule has 3 rings (SSSR count). The van der Waals surface area contributed by atoms with Gasteiger partial charge < -0.3 is 11.1 Å². The Labute approximate surface area is 179 Å². The second kappa shape index (κ2) is 8.97. The Hall–Kier alpha value is -3.72. The molecule has 0 saturated heterocycles. The van der Waals surface area contributed by atoms with Crippen LogP contribution >= 0.6 is 0 Å². The van der Waals surface area contributed by atoms with Gasteiger partial charge in [0.25, 0.3) is 10.0 Å². The van der Waals surface area contributed by atoms with Crippen molar-refractivity contribution < 1.29 is 22.4 Å². The van der Waals surface area contributed by atoms with Gasteiger partial charge in [0.15, 0.2) is 0 Å². The SMILES string of the molecule is Cc1c(NC(=O)CN(c2ccccc2)S(=O)(=O)c2ccc(F)cc2)cccc1C(N)=O.